The van der Waals surface area contributed by atoms with Crippen molar-refractivity contribution in [3.63, 3.8) is 0 Å². The topological polar surface area (TPSA) is 55.6 Å². The van der Waals surface area contributed by atoms with Gasteiger partial charge in [-0.2, -0.15) is 0 Å². The van der Waals surface area contributed by atoms with Gasteiger partial charge in [0.05, 0.1) is 5.69 Å². The molecule has 2 aromatic rings. The molecule has 0 atom stereocenters. The van der Waals surface area contributed by atoms with Crippen LogP contribution in [0, 0.1) is 0 Å². The third-order valence-corrected chi connectivity index (χ3v) is 4.03. The van der Waals surface area contributed by atoms with E-state index in [4.69, 9.17) is 10.5 Å². The van der Waals surface area contributed by atoms with E-state index in [1.807, 2.05) is 30.5 Å². The van der Waals surface area contributed by atoms with Crippen LogP contribution in [0.25, 0.3) is 6.08 Å². The Labute approximate surface area is 127 Å². The summed E-state index contributed by atoms with van der Waals surface area (Å²) < 4.78 is 5.77. The first-order valence-corrected chi connectivity index (χ1v) is 7.71. The van der Waals surface area contributed by atoms with Gasteiger partial charge in [-0.25, -0.2) is 0 Å². The molecule has 1 aromatic carbocycles. The third kappa shape index (κ3) is 2.64. The van der Waals surface area contributed by atoms with Gasteiger partial charge in [-0.15, -0.1) is 11.3 Å². The molecule has 0 spiro atoms. The largest absolute Gasteiger partial charge is 0.449 e. The van der Waals surface area contributed by atoms with Crippen LogP contribution in [0.2, 0.25) is 0 Å². The highest BCUT2D eigenvalue weighted by molar-refractivity contribution is 7.10. The number of hydrogen-bond acceptors (Lipinski definition) is 4. The van der Waals surface area contributed by atoms with Crippen molar-refractivity contribution in [3.05, 3.63) is 46.3 Å². The molecule has 2 N–H and O–H groups in total. The van der Waals surface area contributed by atoms with E-state index in [9.17, 15) is 4.79 Å². The van der Waals surface area contributed by atoms with Crippen molar-refractivity contribution in [3.8, 4) is 5.75 Å². The number of rotatable bonds is 3. The van der Waals surface area contributed by atoms with E-state index in [1.54, 1.807) is 34.4 Å². The number of nitrogens with two attached hydrogens (primary N) is 1. The third-order valence-electron chi connectivity index (χ3n) is 3.21. The average Bonchev–Trinajstić information content (AvgIpc) is 2.97. The summed E-state index contributed by atoms with van der Waals surface area (Å²) in [7, 11) is 0. The molecule has 0 bridgehead atoms. The Bertz CT molecular complexity index is 692. The zero-order valence-corrected chi connectivity index (χ0v) is 12.5. The number of nitrogens with zero attached hydrogens (tertiary/aromatic N) is 1. The van der Waals surface area contributed by atoms with Gasteiger partial charge in [0.15, 0.2) is 11.5 Å². The van der Waals surface area contributed by atoms with E-state index < -0.39 is 0 Å². The Morgan fingerprint density at radius 2 is 2.24 bits per heavy atom. The van der Waals surface area contributed by atoms with Crippen molar-refractivity contribution in [1.29, 1.82) is 0 Å². The van der Waals surface area contributed by atoms with Gasteiger partial charge in [-0.3, -0.25) is 4.79 Å². The Morgan fingerprint density at radius 3 is 2.95 bits per heavy atom. The molecule has 1 amide bonds. The Morgan fingerprint density at radius 1 is 1.38 bits per heavy atom. The van der Waals surface area contributed by atoms with E-state index >= 15 is 0 Å². The molecule has 5 heteroatoms. The zero-order chi connectivity index (χ0) is 14.8. The van der Waals surface area contributed by atoms with Crippen molar-refractivity contribution >= 4 is 34.7 Å². The summed E-state index contributed by atoms with van der Waals surface area (Å²) in [6.45, 7) is 2.68. The summed E-state index contributed by atoms with van der Waals surface area (Å²) in [6, 6.07) is 9.27. The second-order valence-electron chi connectivity index (χ2n) is 4.81. The van der Waals surface area contributed by atoms with Gasteiger partial charge in [0, 0.05) is 23.2 Å². The Hall–Kier alpha value is -2.27. The van der Waals surface area contributed by atoms with Crippen LogP contribution >= 0.6 is 11.3 Å². The van der Waals surface area contributed by atoms with Gasteiger partial charge < -0.3 is 15.4 Å². The number of anilines is 2. The van der Waals surface area contributed by atoms with Crippen molar-refractivity contribution in [2.24, 2.45) is 0 Å². The molecule has 0 fully saturated rings. The number of ether oxygens (including phenoxy) is 1. The van der Waals surface area contributed by atoms with Crippen LogP contribution in [-0.2, 0) is 4.79 Å². The number of carbonyl (C=O) groups excluding carboxylic acids is 1. The normalized spacial score (nSPS) is 16.0. The highest BCUT2D eigenvalue weighted by Crippen LogP contribution is 2.37. The van der Waals surface area contributed by atoms with Gasteiger partial charge in [0.2, 0.25) is 0 Å². The van der Waals surface area contributed by atoms with Crippen molar-refractivity contribution < 1.29 is 9.53 Å². The second kappa shape index (κ2) is 5.61. The molecule has 0 saturated carbocycles. The monoisotopic (exact) mass is 300 g/mol. The lowest BCUT2D eigenvalue weighted by Crippen LogP contribution is -2.37. The summed E-state index contributed by atoms with van der Waals surface area (Å²) in [6.07, 6.45) is 2.65. The Balaban J connectivity index is 2.04. The summed E-state index contributed by atoms with van der Waals surface area (Å²) in [4.78, 5) is 15.3. The van der Waals surface area contributed by atoms with Crippen LogP contribution in [0.3, 0.4) is 0 Å². The highest BCUT2D eigenvalue weighted by Gasteiger charge is 2.29. The first-order valence-electron chi connectivity index (χ1n) is 6.83. The molecule has 1 aliphatic rings. The number of hydrogen-bond donors (Lipinski definition) is 1. The van der Waals surface area contributed by atoms with Crippen LogP contribution in [0.15, 0.2) is 41.5 Å². The lowest BCUT2D eigenvalue weighted by Gasteiger charge is -2.30. The fourth-order valence-electron chi connectivity index (χ4n) is 2.28. The smallest absolute Gasteiger partial charge is 0.294 e. The fraction of sp³-hybridized carbons (Fsp3) is 0.188. The SMILES string of the molecule is CCCN1C(=O)/C(=C\c2cccs2)Oc2ccc(N)cc21. The van der Waals surface area contributed by atoms with Gasteiger partial charge in [0.1, 0.15) is 0 Å². The van der Waals surface area contributed by atoms with Crippen molar-refractivity contribution in [2.75, 3.05) is 17.2 Å². The molecule has 21 heavy (non-hydrogen) atoms. The van der Waals surface area contributed by atoms with Crippen LogP contribution in [-0.4, -0.2) is 12.5 Å². The van der Waals surface area contributed by atoms with Gasteiger partial charge in [-0.1, -0.05) is 13.0 Å². The molecular weight excluding hydrogens is 284 g/mol. The van der Waals surface area contributed by atoms with Crippen LogP contribution in [0.5, 0.6) is 5.75 Å². The molecule has 4 nitrogen and oxygen atoms in total. The molecular formula is C16H16N2O2S. The number of benzene rings is 1. The lowest BCUT2D eigenvalue weighted by molar-refractivity contribution is -0.117. The zero-order valence-electron chi connectivity index (χ0n) is 11.7. The van der Waals surface area contributed by atoms with Gasteiger partial charge in [-0.05, 0) is 36.1 Å². The van der Waals surface area contributed by atoms with E-state index in [0.29, 0.717) is 23.7 Å². The summed E-state index contributed by atoms with van der Waals surface area (Å²) in [5.41, 5.74) is 7.19. The van der Waals surface area contributed by atoms with Gasteiger partial charge >= 0.3 is 0 Å². The average molecular weight is 300 g/mol. The second-order valence-corrected chi connectivity index (χ2v) is 5.79. The minimum absolute atomic E-state index is 0.122. The first kappa shape index (κ1) is 13.7. The van der Waals surface area contributed by atoms with Crippen LogP contribution in [0.1, 0.15) is 18.2 Å². The fourth-order valence-corrected chi connectivity index (χ4v) is 2.92. The molecule has 1 aromatic heterocycles. The summed E-state index contributed by atoms with van der Waals surface area (Å²) >= 11 is 1.57. The van der Waals surface area contributed by atoms with E-state index in [0.717, 1.165) is 17.0 Å². The van der Waals surface area contributed by atoms with E-state index in [1.165, 1.54) is 0 Å². The predicted molar refractivity (Wildman–Crippen MR) is 86.4 cm³/mol. The number of carbonyl (C=O) groups is 1. The standard InChI is InChI=1S/C16H16N2O2S/c1-2-7-18-13-9-11(17)5-6-14(13)20-15(16(18)19)10-12-4-3-8-21-12/h3-6,8-10H,2,7,17H2,1H3/b15-10+. The van der Waals surface area contributed by atoms with E-state index in [-0.39, 0.29) is 5.91 Å². The molecule has 0 radical (unpaired) electrons. The highest BCUT2D eigenvalue weighted by atomic mass is 32.1. The molecule has 0 unspecified atom stereocenters. The molecule has 1 aliphatic heterocycles. The quantitative estimate of drug-likeness (QED) is 0.697. The first-order chi connectivity index (χ1) is 10.2. The van der Waals surface area contributed by atoms with E-state index in [2.05, 4.69) is 0 Å². The van der Waals surface area contributed by atoms with Crippen molar-refractivity contribution in [1.82, 2.24) is 0 Å². The Kier molecular flexibility index (Phi) is 3.66. The summed E-state index contributed by atoms with van der Waals surface area (Å²) in [5.74, 6) is 0.895. The molecule has 3 rings (SSSR count). The predicted octanol–water partition coefficient (Wildman–Crippen LogP) is 3.51. The number of thiophene rings is 1. The molecule has 108 valence electrons. The summed E-state index contributed by atoms with van der Waals surface area (Å²) in [5, 5.41) is 1.97. The van der Waals surface area contributed by atoms with Gasteiger partial charge in [0.25, 0.3) is 5.91 Å². The molecule has 0 saturated heterocycles. The van der Waals surface area contributed by atoms with Crippen LogP contribution < -0.4 is 15.4 Å². The van der Waals surface area contributed by atoms with Crippen molar-refractivity contribution in [2.45, 2.75) is 13.3 Å². The molecule has 0 aliphatic carbocycles. The van der Waals surface area contributed by atoms with Crippen LogP contribution in [0.4, 0.5) is 11.4 Å². The number of nitrogen functional groups attached to an aromatic ring is 1. The number of amides is 1. The molecule has 2 heterocycles. The number of fused-ring (bicyclic) bond motifs is 1. The minimum atomic E-state index is -0.122. The maximum Gasteiger partial charge on any atom is 0.294 e. The maximum absolute atomic E-state index is 12.6. The lowest BCUT2D eigenvalue weighted by atomic mass is 10.1. The minimum Gasteiger partial charge on any atom is -0.449 e. The maximum atomic E-state index is 12.6.